The zero-order valence-corrected chi connectivity index (χ0v) is 16.8. The number of hydrogen-bond acceptors (Lipinski definition) is 4. The van der Waals surface area contributed by atoms with Gasteiger partial charge >= 0.3 is 0 Å². The number of ether oxygens (including phenoxy) is 1. The fourth-order valence-corrected chi connectivity index (χ4v) is 4.08. The van der Waals surface area contributed by atoms with Crippen molar-refractivity contribution < 1.29 is 14.3 Å². The summed E-state index contributed by atoms with van der Waals surface area (Å²) in [5.74, 6) is 0.933. The third-order valence-corrected chi connectivity index (χ3v) is 5.76. The summed E-state index contributed by atoms with van der Waals surface area (Å²) in [6.45, 7) is 4.50. The van der Waals surface area contributed by atoms with Crippen molar-refractivity contribution in [3.05, 3.63) is 59.7 Å². The monoisotopic (exact) mass is 393 g/mol. The molecule has 4 rings (SSSR count). The molecule has 0 saturated carbocycles. The van der Waals surface area contributed by atoms with Gasteiger partial charge < -0.3 is 19.4 Å². The minimum Gasteiger partial charge on any atom is -0.495 e. The summed E-state index contributed by atoms with van der Waals surface area (Å²) in [6, 6.07) is 15.1. The summed E-state index contributed by atoms with van der Waals surface area (Å²) in [4.78, 5) is 31.4. The first-order chi connectivity index (χ1) is 14.2. The number of para-hydroxylation sites is 2. The number of hydrogen-bond donors (Lipinski definition) is 0. The second kappa shape index (κ2) is 8.55. The van der Waals surface area contributed by atoms with Crippen molar-refractivity contribution in [1.29, 1.82) is 0 Å². The molecule has 0 spiro atoms. The molecule has 0 bridgehead atoms. The van der Waals surface area contributed by atoms with E-state index in [0.29, 0.717) is 24.2 Å². The Morgan fingerprint density at radius 3 is 1.79 bits per heavy atom. The number of carbonyl (C=O) groups is 2. The van der Waals surface area contributed by atoms with Gasteiger partial charge in [0.2, 0.25) is 0 Å². The molecular formula is C23H27N3O3. The minimum atomic E-state index is 0.0184. The van der Waals surface area contributed by atoms with E-state index in [1.54, 1.807) is 31.4 Å². The largest absolute Gasteiger partial charge is 0.495 e. The van der Waals surface area contributed by atoms with Crippen LogP contribution in [-0.4, -0.2) is 68.0 Å². The summed E-state index contributed by atoms with van der Waals surface area (Å²) in [5.41, 5.74) is 2.35. The van der Waals surface area contributed by atoms with Gasteiger partial charge in [0.05, 0.1) is 12.8 Å². The molecule has 0 unspecified atom stereocenters. The highest BCUT2D eigenvalue weighted by Crippen LogP contribution is 2.28. The number of carbonyl (C=O) groups excluding carboxylic acids is 2. The summed E-state index contributed by atoms with van der Waals surface area (Å²) in [6.07, 6.45) is 2.15. The van der Waals surface area contributed by atoms with Gasteiger partial charge in [-0.15, -0.1) is 0 Å². The number of anilines is 1. The van der Waals surface area contributed by atoms with Crippen LogP contribution >= 0.6 is 0 Å². The van der Waals surface area contributed by atoms with E-state index in [1.165, 1.54) is 0 Å². The van der Waals surface area contributed by atoms with Gasteiger partial charge in [0.1, 0.15) is 5.75 Å². The summed E-state index contributed by atoms with van der Waals surface area (Å²) in [5, 5.41) is 0. The van der Waals surface area contributed by atoms with E-state index in [0.717, 1.165) is 50.5 Å². The first kappa shape index (κ1) is 19.3. The zero-order valence-electron chi connectivity index (χ0n) is 16.8. The lowest BCUT2D eigenvalue weighted by atomic mass is 10.1. The van der Waals surface area contributed by atoms with E-state index in [1.807, 2.05) is 34.1 Å². The van der Waals surface area contributed by atoms with Crippen LogP contribution in [-0.2, 0) is 0 Å². The fourth-order valence-electron chi connectivity index (χ4n) is 4.08. The Kier molecular flexibility index (Phi) is 5.69. The van der Waals surface area contributed by atoms with E-state index >= 15 is 0 Å². The highest BCUT2D eigenvalue weighted by atomic mass is 16.5. The maximum Gasteiger partial charge on any atom is 0.253 e. The van der Waals surface area contributed by atoms with E-state index < -0.39 is 0 Å². The van der Waals surface area contributed by atoms with Crippen molar-refractivity contribution in [2.24, 2.45) is 0 Å². The quantitative estimate of drug-likeness (QED) is 0.802. The smallest absolute Gasteiger partial charge is 0.253 e. The van der Waals surface area contributed by atoms with E-state index in [4.69, 9.17) is 4.74 Å². The molecule has 2 fully saturated rings. The number of piperazine rings is 1. The maximum atomic E-state index is 12.9. The molecule has 6 heteroatoms. The van der Waals surface area contributed by atoms with Gasteiger partial charge in [-0.2, -0.15) is 0 Å². The normalized spacial score (nSPS) is 16.8. The Morgan fingerprint density at radius 2 is 1.24 bits per heavy atom. The van der Waals surface area contributed by atoms with E-state index in [-0.39, 0.29) is 11.8 Å². The lowest BCUT2D eigenvalue weighted by Crippen LogP contribution is -2.48. The molecule has 2 saturated heterocycles. The highest BCUT2D eigenvalue weighted by Gasteiger charge is 2.24. The van der Waals surface area contributed by atoms with Crippen molar-refractivity contribution in [3.63, 3.8) is 0 Å². The number of methoxy groups -OCH3 is 1. The van der Waals surface area contributed by atoms with Gasteiger partial charge in [0.25, 0.3) is 11.8 Å². The number of benzene rings is 2. The third-order valence-electron chi connectivity index (χ3n) is 5.76. The van der Waals surface area contributed by atoms with E-state index in [2.05, 4.69) is 4.90 Å². The number of likely N-dealkylation sites (tertiary alicyclic amines) is 1. The third kappa shape index (κ3) is 4.06. The highest BCUT2D eigenvalue weighted by molar-refractivity contribution is 5.98. The molecular weight excluding hydrogens is 366 g/mol. The number of amides is 2. The van der Waals surface area contributed by atoms with Gasteiger partial charge in [-0.1, -0.05) is 12.1 Å². The Balaban J connectivity index is 1.37. The Hall–Kier alpha value is -3.02. The van der Waals surface area contributed by atoms with E-state index in [9.17, 15) is 9.59 Å². The van der Waals surface area contributed by atoms with Crippen molar-refractivity contribution in [1.82, 2.24) is 9.80 Å². The Labute approximate surface area is 171 Å². The van der Waals surface area contributed by atoms with Crippen LogP contribution in [0.4, 0.5) is 5.69 Å². The summed E-state index contributed by atoms with van der Waals surface area (Å²) >= 11 is 0. The van der Waals surface area contributed by atoms with Crippen LogP contribution in [0.5, 0.6) is 5.75 Å². The molecule has 2 aromatic rings. The second-order valence-electron chi connectivity index (χ2n) is 7.53. The van der Waals surface area contributed by atoms with Crippen molar-refractivity contribution >= 4 is 17.5 Å². The Bertz CT molecular complexity index is 867. The molecule has 0 atom stereocenters. The van der Waals surface area contributed by atoms with Crippen molar-refractivity contribution in [2.75, 3.05) is 51.3 Å². The average Bonchev–Trinajstić information content (AvgIpc) is 3.33. The molecule has 0 radical (unpaired) electrons. The minimum absolute atomic E-state index is 0.0184. The van der Waals surface area contributed by atoms with Crippen LogP contribution in [0.3, 0.4) is 0 Å². The number of nitrogens with zero attached hydrogens (tertiary/aromatic N) is 3. The van der Waals surface area contributed by atoms with Gasteiger partial charge in [-0.05, 0) is 49.2 Å². The Morgan fingerprint density at radius 1 is 0.724 bits per heavy atom. The fraction of sp³-hybridized carbons (Fsp3) is 0.391. The molecule has 2 aromatic carbocycles. The second-order valence-corrected chi connectivity index (χ2v) is 7.53. The number of rotatable bonds is 4. The van der Waals surface area contributed by atoms with Gasteiger partial charge in [-0.25, -0.2) is 0 Å². The van der Waals surface area contributed by atoms with Gasteiger partial charge in [-0.3, -0.25) is 9.59 Å². The van der Waals surface area contributed by atoms with Crippen LogP contribution in [0.15, 0.2) is 48.5 Å². The zero-order chi connectivity index (χ0) is 20.2. The molecule has 0 aliphatic carbocycles. The molecule has 0 aromatic heterocycles. The maximum absolute atomic E-state index is 12.9. The standard InChI is InChI=1S/C23H27N3O3/c1-29-21-7-3-2-6-20(21)24-14-16-26(17-15-24)23(28)19-10-8-18(9-11-19)22(27)25-12-4-5-13-25/h2-3,6-11H,4-5,12-17H2,1H3. The van der Waals surface area contributed by atoms with Crippen LogP contribution in [0.1, 0.15) is 33.6 Å². The topological polar surface area (TPSA) is 53.1 Å². The molecule has 2 aliphatic rings. The SMILES string of the molecule is COc1ccccc1N1CCN(C(=O)c2ccc(C(=O)N3CCCC3)cc2)CC1. The van der Waals surface area contributed by atoms with Crippen LogP contribution in [0.2, 0.25) is 0 Å². The molecule has 29 heavy (non-hydrogen) atoms. The van der Waals surface area contributed by atoms with Gasteiger partial charge in [0.15, 0.2) is 0 Å². The van der Waals surface area contributed by atoms with Crippen LogP contribution in [0, 0.1) is 0 Å². The predicted molar refractivity (Wildman–Crippen MR) is 113 cm³/mol. The first-order valence-corrected chi connectivity index (χ1v) is 10.2. The predicted octanol–water partition coefficient (Wildman–Crippen LogP) is 2.89. The van der Waals surface area contributed by atoms with Crippen molar-refractivity contribution in [2.45, 2.75) is 12.8 Å². The summed E-state index contributed by atoms with van der Waals surface area (Å²) in [7, 11) is 1.68. The molecule has 0 N–H and O–H groups in total. The first-order valence-electron chi connectivity index (χ1n) is 10.2. The molecule has 6 nitrogen and oxygen atoms in total. The lowest BCUT2D eigenvalue weighted by Gasteiger charge is -2.36. The molecule has 2 amide bonds. The van der Waals surface area contributed by atoms with Crippen LogP contribution in [0.25, 0.3) is 0 Å². The molecule has 2 aliphatic heterocycles. The molecule has 152 valence electrons. The van der Waals surface area contributed by atoms with Gasteiger partial charge in [0, 0.05) is 50.4 Å². The van der Waals surface area contributed by atoms with Crippen molar-refractivity contribution in [3.8, 4) is 5.75 Å². The average molecular weight is 393 g/mol. The molecule has 2 heterocycles. The van der Waals surface area contributed by atoms with Crippen LogP contribution < -0.4 is 9.64 Å². The summed E-state index contributed by atoms with van der Waals surface area (Å²) < 4.78 is 5.46. The lowest BCUT2D eigenvalue weighted by molar-refractivity contribution is 0.0743.